The highest BCUT2D eigenvalue weighted by molar-refractivity contribution is 7.09. The summed E-state index contributed by atoms with van der Waals surface area (Å²) in [6.07, 6.45) is 0.145. The monoisotopic (exact) mass is 346 g/mol. The third-order valence-corrected chi connectivity index (χ3v) is 4.65. The lowest BCUT2D eigenvalue weighted by molar-refractivity contribution is -0.141. The van der Waals surface area contributed by atoms with Crippen LogP contribution < -0.4 is 0 Å². The minimum Gasteiger partial charge on any atom is -0.481 e. The minimum atomic E-state index is -0.923. The summed E-state index contributed by atoms with van der Waals surface area (Å²) >= 11 is 1.46. The Morgan fingerprint density at radius 3 is 2.88 bits per heavy atom. The molecule has 7 heteroatoms. The number of carbonyl (C=O) groups excluding carboxylic acids is 1. The Bertz CT molecular complexity index is 716. The van der Waals surface area contributed by atoms with Gasteiger partial charge < -0.3 is 14.7 Å². The van der Waals surface area contributed by atoms with E-state index in [2.05, 4.69) is 4.98 Å². The average molecular weight is 346 g/mol. The summed E-state index contributed by atoms with van der Waals surface area (Å²) in [4.78, 5) is 29.4. The molecule has 6 nitrogen and oxygen atoms in total. The lowest BCUT2D eigenvalue weighted by atomic mass is 10.2. The van der Waals surface area contributed by atoms with Gasteiger partial charge in [0.25, 0.3) is 5.91 Å². The van der Waals surface area contributed by atoms with Crippen LogP contribution in [-0.2, 0) is 16.0 Å². The van der Waals surface area contributed by atoms with Crippen molar-refractivity contribution in [2.45, 2.75) is 18.9 Å². The molecule has 1 unspecified atom stereocenters. The molecular weight excluding hydrogens is 328 g/mol. The van der Waals surface area contributed by atoms with Gasteiger partial charge in [0.05, 0.1) is 24.1 Å². The van der Waals surface area contributed by atoms with Crippen LogP contribution in [0, 0.1) is 0 Å². The minimum absolute atomic E-state index is 0.0971. The molecule has 1 saturated heterocycles. The average Bonchev–Trinajstić information content (AvgIpc) is 3.03. The Balaban J connectivity index is 1.64. The topological polar surface area (TPSA) is 79.7 Å². The van der Waals surface area contributed by atoms with E-state index >= 15 is 0 Å². The third kappa shape index (κ3) is 4.18. The number of carboxylic acid groups (broad SMARTS) is 1. The highest BCUT2D eigenvalue weighted by atomic mass is 32.1. The van der Waals surface area contributed by atoms with Crippen LogP contribution in [0.3, 0.4) is 0 Å². The summed E-state index contributed by atoms with van der Waals surface area (Å²) in [5.41, 5.74) is 1.57. The molecule has 1 N–H and O–H groups in total. The summed E-state index contributed by atoms with van der Waals surface area (Å²) in [6.45, 7) is 1.10. The number of thiazole rings is 1. The van der Waals surface area contributed by atoms with Gasteiger partial charge in [-0.25, -0.2) is 4.98 Å². The number of benzene rings is 1. The fourth-order valence-corrected chi connectivity index (χ4v) is 3.45. The molecule has 1 aromatic carbocycles. The van der Waals surface area contributed by atoms with Crippen LogP contribution >= 0.6 is 11.3 Å². The van der Waals surface area contributed by atoms with Gasteiger partial charge in [-0.1, -0.05) is 30.3 Å². The second-order valence-corrected chi connectivity index (χ2v) is 6.57. The third-order valence-electron chi connectivity index (χ3n) is 3.80. The van der Waals surface area contributed by atoms with E-state index in [1.165, 1.54) is 11.3 Å². The van der Waals surface area contributed by atoms with Crippen molar-refractivity contribution in [1.82, 2.24) is 9.88 Å². The van der Waals surface area contributed by atoms with E-state index in [-0.39, 0.29) is 18.9 Å². The number of nitrogens with zero attached hydrogens (tertiary/aromatic N) is 2. The molecule has 1 atom stereocenters. The molecule has 0 spiro atoms. The van der Waals surface area contributed by atoms with Crippen molar-refractivity contribution >= 4 is 23.2 Å². The Morgan fingerprint density at radius 1 is 1.33 bits per heavy atom. The van der Waals surface area contributed by atoms with Crippen LogP contribution in [-0.4, -0.2) is 52.7 Å². The highest BCUT2D eigenvalue weighted by Gasteiger charge is 2.27. The largest absolute Gasteiger partial charge is 0.481 e. The molecule has 1 aliphatic rings. The Morgan fingerprint density at radius 2 is 2.12 bits per heavy atom. The predicted molar refractivity (Wildman–Crippen MR) is 89.3 cm³/mol. The molecule has 1 aromatic heterocycles. The van der Waals surface area contributed by atoms with Gasteiger partial charge in [-0.15, -0.1) is 11.3 Å². The van der Waals surface area contributed by atoms with Gasteiger partial charge in [-0.3, -0.25) is 9.59 Å². The number of hydrogen-bond acceptors (Lipinski definition) is 5. The normalized spacial score (nSPS) is 17.7. The fraction of sp³-hybridized carbons (Fsp3) is 0.353. The van der Waals surface area contributed by atoms with Gasteiger partial charge in [-0.05, 0) is 5.56 Å². The summed E-state index contributed by atoms with van der Waals surface area (Å²) in [5.74, 6) is -1.09. The summed E-state index contributed by atoms with van der Waals surface area (Å²) in [6, 6.07) is 9.98. The second kappa shape index (κ2) is 7.55. The fourth-order valence-electron chi connectivity index (χ4n) is 2.64. The predicted octanol–water partition coefficient (Wildman–Crippen LogP) is 2.05. The number of hydrogen-bond donors (Lipinski definition) is 1. The van der Waals surface area contributed by atoms with Crippen molar-refractivity contribution < 1.29 is 19.4 Å². The molecule has 2 aromatic rings. The highest BCUT2D eigenvalue weighted by Crippen LogP contribution is 2.18. The molecule has 0 bridgehead atoms. The second-order valence-electron chi connectivity index (χ2n) is 5.63. The Labute approximate surface area is 143 Å². The zero-order chi connectivity index (χ0) is 16.9. The molecule has 1 fully saturated rings. The van der Waals surface area contributed by atoms with Gasteiger partial charge in [0.2, 0.25) is 0 Å². The van der Waals surface area contributed by atoms with Gasteiger partial charge in [0.1, 0.15) is 5.69 Å². The summed E-state index contributed by atoms with van der Waals surface area (Å²) in [5, 5.41) is 11.5. The van der Waals surface area contributed by atoms with Gasteiger partial charge in [0, 0.05) is 24.9 Å². The first-order valence-electron chi connectivity index (χ1n) is 7.73. The molecule has 0 aliphatic carbocycles. The van der Waals surface area contributed by atoms with Gasteiger partial charge in [-0.2, -0.15) is 0 Å². The first kappa shape index (κ1) is 16.6. The summed E-state index contributed by atoms with van der Waals surface area (Å²) in [7, 11) is 0. The quantitative estimate of drug-likeness (QED) is 0.896. The first-order valence-corrected chi connectivity index (χ1v) is 8.61. The van der Waals surface area contributed by atoms with E-state index in [1.54, 1.807) is 10.3 Å². The maximum atomic E-state index is 12.6. The van der Waals surface area contributed by atoms with E-state index in [4.69, 9.17) is 9.84 Å². The number of amides is 1. The molecule has 0 radical (unpaired) electrons. The smallest absolute Gasteiger partial charge is 0.306 e. The van der Waals surface area contributed by atoms with Crippen LogP contribution in [0.2, 0.25) is 0 Å². The van der Waals surface area contributed by atoms with Crippen molar-refractivity contribution in [3.8, 4) is 0 Å². The van der Waals surface area contributed by atoms with Crippen molar-refractivity contribution in [2.75, 3.05) is 19.7 Å². The number of morpholine rings is 1. The maximum absolute atomic E-state index is 12.6. The van der Waals surface area contributed by atoms with Gasteiger partial charge in [0.15, 0.2) is 0 Å². The van der Waals surface area contributed by atoms with Crippen LogP contribution in [0.5, 0.6) is 0 Å². The number of ether oxygens (including phenoxy) is 1. The van der Waals surface area contributed by atoms with Gasteiger partial charge >= 0.3 is 5.97 Å². The lowest BCUT2D eigenvalue weighted by Crippen LogP contribution is -2.46. The number of aromatic nitrogens is 1. The first-order chi connectivity index (χ1) is 11.6. The molecule has 1 aliphatic heterocycles. The SMILES string of the molecule is O=C(O)CC1CN(C(=O)c2csc(Cc3ccccc3)n2)CCO1. The van der Waals surface area contributed by atoms with Crippen LogP contribution in [0.1, 0.15) is 27.5 Å². The van der Waals surface area contributed by atoms with Crippen molar-refractivity contribution in [3.05, 3.63) is 52.0 Å². The molecule has 1 amide bonds. The van der Waals surface area contributed by atoms with Crippen LogP contribution in [0.4, 0.5) is 0 Å². The molecular formula is C17H18N2O4S. The number of aliphatic carboxylic acids is 1. The van der Waals surface area contributed by atoms with Crippen molar-refractivity contribution in [3.63, 3.8) is 0 Å². The molecule has 24 heavy (non-hydrogen) atoms. The Hall–Kier alpha value is -2.25. The van der Waals surface area contributed by atoms with E-state index < -0.39 is 12.1 Å². The zero-order valence-electron chi connectivity index (χ0n) is 13.1. The van der Waals surface area contributed by atoms with Crippen molar-refractivity contribution in [2.24, 2.45) is 0 Å². The lowest BCUT2D eigenvalue weighted by Gasteiger charge is -2.31. The van der Waals surface area contributed by atoms with E-state index in [0.29, 0.717) is 25.3 Å². The van der Waals surface area contributed by atoms with Crippen molar-refractivity contribution in [1.29, 1.82) is 0 Å². The zero-order valence-corrected chi connectivity index (χ0v) is 13.9. The maximum Gasteiger partial charge on any atom is 0.306 e. The molecule has 2 heterocycles. The van der Waals surface area contributed by atoms with E-state index in [9.17, 15) is 9.59 Å². The van der Waals surface area contributed by atoms with E-state index in [1.807, 2.05) is 30.3 Å². The standard InChI is InChI=1S/C17H18N2O4S/c20-16(21)9-13-10-19(6-7-23-13)17(22)14-11-24-15(18-14)8-12-4-2-1-3-5-12/h1-5,11,13H,6-10H2,(H,20,21). The summed E-state index contributed by atoms with van der Waals surface area (Å²) < 4.78 is 5.40. The molecule has 0 saturated carbocycles. The molecule has 3 rings (SSSR count). The number of rotatable bonds is 5. The Kier molecular flexibility index (Phi) is 5.22. The molecule has 126 valence electrons. The number of carbonyl (C=O) groups is 2. The van der Waals surface area contributed by atoms with Crippen LogP contribution in [0.15, 0.2) is 35.7 Å². The number of carboxylic acids is 1. The van der Waals surface area contributed by atoms with Crippen LogP contribution in [0.25, 0.3) is 0 Å². The van der Waals surface area contributed by atoms with E-state index in [0.717, 1.165) is 10.6 Å².